The van der Waals surface area contributed by atoms with E-state index in [-0.39, 0.29) is 11.9 Å². The normalized spacial score (nSPS) is 12.6. The van der Waals surface area contributed by atoms with Gasteiger partial charge in [0, 0.05) is 11.4 Å². The molecule has 5 heteroatoms. The number of carbonyl (C=O) groups is 1. The minimum absolute atomic E-state index is 0.0491. The highest BCUT2D eigenvalue weighted by molar-refractivity contribution is 9.11. The number of benzene rings is 1. The summed E-state index contributed by atoms with van der Waals surface area (Å²) in [5.74, 6) is 0.408. The molecule has 0 saturated heterocycles. The molecule has 0 aliphatic rings. The molecule has 124 valence electrons. The Kier molecular flexibility index (Phi) is 6.81. The average Bonchev–Trinajstić information content (AvgIpc) is 2.90. The van der Waals surface area contributed by atoms with Crippen molar-refractivity contribution in [3.05, 3.63) is 56.7 Å². The van der Waals surface area contributed by atoms with E-state index in [1.54, 1.807) is 11.3 Å². The molecular formula is C18H23BrN2OS. The summed E-state index contributed by atoms with van der Waals surface area (Å²) < 4.78 is 1.12. The second kappa shape index (κ2) is 8.62. The van der Waals surface area contributed by atoms with Crippen LogP contribution < -0.4 is 5.32 Å². The largest absolute Gasteiger partial charge is 0.348 e. The number of carbonyl (C=O) groups excluding carboxylic acids is 1. The van der Waals surface area contributed by atoms with Crippen molar-refractivity contribution < 1.29 is 4.79 Å². The summed E-state index contributed by atoms with van der Waals surface area (Å²) in [7, 11) is 1.97. The SMILES string of the molecule is CC(C)C(NC(=O)CN(C)Cc1ccc(Br)s1)c1ccccc1. The van der Waals surface area contributed by atoms with Crippen molar-refractivity contribution in [1.29, 1.82) is 0 Å². The standard InChI is InChI=1S/C18H23BrN2OS/c1-13(2)18(14-7-5-4-6-8-14)20-17(22)12-21(3)11-15-9-10-16(19)23-15/h4-10,13,18H,11-12H2,1-3H3,(H,20,22). The van der Waals surface area contributed by atoms with Crippen molar-refractivity contribution in [1.82, 2.24) is 10.2 Å². The van der Waals surface area contributed by atoms with E-state index in [9.17, 15) is 4.79 Å². The fraction of sp³-hybridized carbons (Fsp3) is 0.389. The van der Waals surface area contributed by atoms with Crippen LogP contribution in [0.2, 0.25) is 0 Å². The lowest BCUT2D eigenvalue weighted by atomic mass is 9.96. The molecule has 2 aromatic rings. The van der Waals surface area contributed by atoms with E-state index >= 15 is 0 Å². The molecular weight excluding hydrogens is 372 g/mol. The van der Waals surface area contributed by atoms with Gasteiger partial charge in [-0.2, -0.15) is 0 Å². The van der Waals surface area contributed by atoms with Crippen molar-refractivity contribution in [2.45, 2.75) is 26.4 Å². The highest BCUT2D eigenvalue weighted by Gasteiger charge is 2.18. The van der Waals surface area contributed by atoms with Gasteiger partial charge in [0.1, 0.15) is 0 Å². The van der Waals surface area contributed by atoms with Crippen molar-refractivity contribution in [2.24, 2.45) is 5.92 Å². The Morgan fingerprint density at radius 3 is 2.48 bits per heavy atom. The summed E-state index contributed by atoms with van der Waals surface area (Å²) in [6.07, 6.45) is 0. The van der Waals surface area contributed by atoms with Crippen molar-refractivity contribution >= 4 is 33.2 Å². The zero-order valence-electron chi connectivity index (χ0n) is 13.8. The molecule has 1 aromatic carbocycles. The molecule has 23 heavy (non-hydrogen) atoms. The van der Waals surface area contributed by atoms with Crippen molar-refractivity contribution in [3.63, 3.8) is 0 Å². The van der Waals surface area contributed by atoms with Gasteiger partial charge in [0.15, 0.2) is 0 Å². The Balaban J connectivity index is 1.91. The molecule has 0 fully saturated rings. The predicted molar refractivity (Wildman–Crippen MR) is 101 cm³/mol. The molecule has 1 atom stereocenters. The Labute approximate surface area is 150 Å². The van der Waals surface area contributed by atoms with E-state index in [4.69, 9.17) is 0 Å². The molecule has 3 nitrogen and oxygen atoms in total. The van der Waals surface area contributed by atoms with E-state index in [1.165, 1.54) is 4.88 Å². The van der Waals surface area contributed by atoms with Gasteiger partial charge in [-0.1, -0.05) is 44.2 Å². The summed E-state index contributed by atoms with van der Waals surface area (Å²) in [5.41, 5.74) is 1.15. The fourth-order valence-electron chi connectivity index (χ4n) is 2.52. The lowest BCUT2D eigenvalue weighted by Crippen LogP contribution is -2.38. The fourth-order valence-corrected chi connectivity index (χ4v) is 4.08. The van der Waals surface area contributed by atoms with Crippen molar-refractivity contribution in [3.8, 4) is 0 Å². The number of nitrogens with zero attached hydrogens (tertiary/aromatic N) is 1. The van der Waals surface area contributed by atoms with Crippen LogP contribution in [0.1, 0.15) is 30.3 Å². The molecule has 2 rings (SSSR count). The van der Waals surface area contributed by atoms with Gasteiger partial charge < -0.3 is 5.32 Å². The van der Waals surface area contributed by atoms with Gasteiger partial charge in [-0.3, -0.25) is 9.69 Å². The maximum atomic E-state index is 12.4. The third-order valence-corrected chi connectivity index (χ3v) is 5.22. The van der Waals surface area contributed by atoms with Crippen molar-refractivity contribution in [2.75, 3.05) is 13.6 Å². The summed E-state index contributed by atoms with van der Waals surface area (Å²) in [6, 6.07) is 14.3. The van der Waals surface area contributed by atoms with E-state index in [2.05, 4.69) is 53.3 Å². The van der Waals surface area contributed by atoms with Crippen LogP contribution >= 0.6 is 27.3 Å². The third kappa shape index (κ3) is 5.75. The topological polar surface area (TPSA) is 32.3 Å². The number of hydrogen-bond acceptors (Lipinski definition) is 3. The molecule has 1 amide bonds. The molecule has 0 aliphatic heterocycles. The van der Waals surface area contributed by atoms with Crippen LogP contribution in [-0.2, 0) is 11.3 Å². The molecule has 1 aromatic heterocycles. The predicted octanol–water partition coefficient (Wildman–Crippen LogP) is 4.46. The number of halogens is 1. The highest BCUT2D eigenvalue weighted by atomic mass is 79.9. The second-order valence-corrected chi connectivity index (χ2v) is 8.63. The van der Waals surface area contributed by atoms with E-state index < -0.39 is 0 Å². The first-order valence-corrected chi connectivity index (χ1v) is 9.33. The minimum atomic E-state index is 0.0491. The van der Waals surface area contributed by atoms with Gasteiger partial charge in [-0.05, 0) is 46.6 Å². The van der Waals surface area contributed by atoms with E-state index in [1.807, 2.05) is 36.2 Å². The highest BCUT2D eigenvalue weighted by Crippen LogP contribution is 2.23. The van der Waals surface area contributed by atoms with Crippen LogP contribution in [0, 0.1) is 5.92 Å². The average molecular weight is 395 g/mol. The number of likely N-dealkylation sites (N-methyl/N-ethyl adjacent to an activating group) is 1. The number of hydrogen-bond donors (Lipinski definition) is 1. The molecule has 0 radical (unpaired) electrons. The van der Waals surface area contributed by atoms with E-state index in [0.29, 0.717) is 12.5 Å². The summed E-state index contributed by atoms with van der Waals surface area (Å²) >= 11 is 5.17. The quantitative estimate of drug-likeness (QED) is 0.751. The maximum Gasteiger partial charge on any atom is 0.234 e. The molecule has 0 saturated carbocycles. The van der Waals surface area contributed by atoms with Gasteiger partial charge in [0.05, 0.1) is 16.4 Å². The summed E-state index contributed by atoms with van der Waals surface area (Å²) in [6.45, 7) is 5.43. The Bertz CT molecular complexity index is 627. The molecule has 1 unspecified atom stereocenters. The van der Waals surface area contributed by atoms with Gasteiger partial charge in [0.2, 0.25) is 5.91 Å². The monoisotopic (exact) mass is 394 g/mol. The molecule has 1 heterocycles. The van der Waals surface area contributed by atoms with Crippen LogP contribution in [-0.4, -0.2) is 24.4 Å². The minimum Gasteiger partial charge on any atom is -0.348 e. The molecule has 1 N–H and O–H groups in total. The Hall–Kier alpha value is -1.17. The lowest BCUT2D eigenvalue weighted by molar-refractivity contribution is -0.123. The van der Waals surface area contributed by atoms with Crippen LogP contribution in [0.4, 0.5) is 0 Å². The summed E-state index contributed by atoms with van der Waals surface area (Å²) in [5, 5.41) is 3.17. The van der Waals surface area contributed by atoms with Crippen LogP contribution in [0.3, 0.4) is 0 Å². The van der Waals surface area contributed by atoms with Crippen LogP contribution in [0.5, 0.6) is 0 Å². The maximum absolute atomic E-state index is 12.4. The first kappa shape index (κ1) is 18.2. The number of amides is 1. The summed E-state index contributed by atoms with van der Waals surface area (Å²) in [4.78, 5) is 15.7. The van der Waals surface area contributed by atoms with Gasteiger partial charge in [-0.15, -0.1) is 11.3 Å². The molecule has 0 aliphatic carbocycles. The van der Waals surface area contributed by atoms with Gasteiger partial charge >= 0.3 is 0 Å². The number of thiophene rings is 1. The number of rotatable bonds is 7. The molecule has 0 spiro atoms. The van der Waals surface area contributed by atoms with E-state index in [0.717, 1.165) is 15.9 Å². The zero-order chi connectivity index (χ0) is 16.8. The first-order chi connectivity index (χ1) is 11.0. The Morgan fingerprint density at radius 2 is 1.91 bits per heavy atom. The molecule has 0 bridgehead atoms. The zero-order valence-corrected chi connectivity index (χ0v) is 16.2. The number of nitrogens with one attached hydrogen (secondary N) is 1. The lowest BCUT2D eigenvalue weighted by Gasteiger charge is -2.24. The third-order valence-electron chi connectivity index (χ3n) is 3.61. The first-order valence-electron chi connectivity index (χ1n) is 7.72. The van der Waals surface area contributed by atoms with Crippen LogP contribution in [0.25, 0.3) is 0 Å². The smallest absolute Gasteiger partial charge is 0.234 e. The second-order valence-electron chi connectivity index (χ2n) is 6.08. The van der Waals surface area contributed by atoms with Gasteiger partial charge in [0.25, 0.3) is 0 Å². The van der Waals surface area contributed by atoms with Gasteiger partial charge in [-0.25, -0.2) is 0 Å². The Morgan fingerprint density at radius 1 is 1.22 bits per heavy atom. The van der Waals surface area contributed by atoms with Crippen LogP contribution in [0.15, 0.2) is 46.3 Å².